The Balaban J connectivity index is 2.12. The fourth-order valence-corrected chi connectivity index (χ4v) is 2.04. The quantitative estimate of drug-likeness (QED) is 0.725. The molecule has 2 atom stereocenters. The molecule has 22 heavy (non-hydrogen) atoms. The van der Waals surface area contributed by atoms with E-state index in [2.05, 4.69) is 0 Å². The zero-order valence-corrected chi connectivity index (χ0v) is 12.3. The molecule has 2 rings (SSSR count). The summed E-state index contributed by atoms with van der Waals surface area (Å²) in [5, 5.41) is 28.3. The molecule has 0 aliphatic carbocycles. The highest BCUT2D eigenvalue weighted by Crippen LogP contribution is 2.31. The molecule has 118 valence electrons. The van der Waals surface area contributed by atoms with Crippen molar-refractivity contribution in [2.75, 3.05) is 13.7 Å². The molecule has 0 radical (unpaired) electrons. The van der Waals surface area contributed by atoms with Gasteiger partial charge in [-0.3, -0.25) is 0 Å². The molecule has 0 amide bonds. The summed E-state index contributed by atoms with van der Waals surface area (Å²) in [6.45, 7) is -0.117. The van der Waals surface area contributed by atoms with Crippen LogP contribution in [0.3, 0.4) is 0 Å². The molecule has 0 saturated carbocycles. The normalized spacial score (nSPS) is 13.5. The van der Waals surface area contributed by atoms with Crippen LogP contribution >= 0.6 is 0 Å². The van der Waals surface area contributed by atoms with E-state index in [9.17, 15) is 10.2 Å². The lowest BCUT2D eigenvalue weighted by Gasteiger charge is -2.18. The van der Waals surface area contributed by atoms with Crippen molar-refractivity contribution in [2.24, 2.45) is 0 Å². The van der Waals surface area contributed by atoms with Gasteiger partial charge in [-0.25, -0.2) is 0 Å². The second kappa shape index (κ2) is 7.79. The SMILES string of the molecule is COc1cc([C@H](O)[C@@H](O)CO)ccc1OCc1ccccc1. The minimum atomic E-state index is -1.24. The second-order valence-corrected chi connectivity index (χ2v) is 4.88. The molecule has 0 heterocycles. The Morgan fingerprint density at radius 3 is 2.36 bits per heavy atom. The standard InChI is InChI=1S/C17H20O5/c1-21-16-9-13(17(20)14(19)10-18)7-8-15(16)22-11-12-5-3-2-4-6-12/h2-9,14,17-20H,10-11H2,1H3/t14-,17-/m0/s1. The van der Waals surface area contributed by atoms with Crippen LogP contribution in [0.1, 0.15) is 17.2 Å². The van der Waals surface area contributed by atoms with E-state index in [1.807, 2.05) is 30.3 Å². The van der Waals surface area contributed by atoms with Crippen LogP contribution < -0.4 is 9.47 Å². The molecule has 0 bridgehead atoms. The van der Waals surface area contributed by atoms with Gasteiger partial charge in [0.2, 0.25) is 0 Å². The molecule has 3 N–H and O–H groups in total. The number of benzene rings is 2. The molecule has 2 aromatic rings. The Kier molecular flexibility index (Phi) is 5.77. The minimum absolute atomic E-state index is 0.401. The number of hydrogen-bond acceptors (Lipinski definition) is 5. The van der Waals surface area contributed by atoms with Crippen LogP contribution in [0.25, 0.3) is 0 Å². The Morgan fingerprint density at radius 2 is 1.73 bits per heavy atom. The van der Waals surface area contributed by atoms with Crippen LogP contribution in [0.2, 0.25) is 0 Å². The maximum atomic E-state index is 9.90. The third-order valence-electron chi connectivity index (χ3n) is 3.32. The van der Waals surface area contributed by atoms with Gasteiger partial charge >= 0.3 is 0 Å². The molecule has 0 aliphatic rings. The number of ether oxygens (including phenoxy) is 2. The number of aliphatic hydroxyl groups excluding tert-OH is 3. The van der Waals surface area contributed by atoms with Crippen molar-refractivity contribution in [2.45, 2.75) is 18.8 Å². The van der Waals surface area contributed by atoms with Crippen LogP contribution in [-0.2, 0) is 6.61 Å². The van der Waals surface area contributed by atoms with E-state index in [4.69, 9.17) is 14.6 Å². The number of rotatable bonds is 7. The van der Waals surface area contributed by atoms with Gasteiger partial charge in [0, 0.05) is 0 Å². The van der Waals surface area contributed by atoms with Gasteiger partial charge in [0.15, 0.2) is 11.5 Å². The van der Waals surface area contributed by atoms with Gasteiger partial charge in [-0.1, -0.05) is 36.4 Å². The summed E-state index contributed by atoms with van der Waals surface area (Å²) in [6.07, 6.45) is -2.41. The predicted octanol–water partition coefficient (Wildman–Crippen LogP) is 1.66. The van der Waals surface area contributed by atoms with Gasteiger partial charge < -0.3 is 24.8 Å². The Labute approximate surface area is 129 Å². The lowest BCUT2D eigenvalue weighted by atomic mass is 10.0. The maximum absolute atomic E-state index is 9.90. The zero-order chi connectivity index (χ0) is 15.9. The lowest BCUT2D eigenvalue weighted by Crippen LogP contribution is -2.22. The van der Waals surface area contributed by atoms with Crippen molar-refractivity contribution in [3.05, 3.63) is 59.7 Å². The zero-order valence-electron chi connectivity index (χ0n) is 12.3. The van der Waals surface area contributed by atoms with Gasteiger partial charge in [-0.05, 0) is 23.3 Å². The summed E-state index contributed by atoms with van der Waals surface area (Å²) < 4.78 is 11.0. The van der Waals surface area contributed by atoms with E-state index < -0.39 is 18.8 Å². The molecule has 0 spiro atoms. The first-order valence-electron chi connectivity index (χ1n) is 6.97. The molecule has 0 aliphatic heterocycles. The van der Waals surface area contributed by atoms with E-state index in [0.29, 0.717) is 23.7 Å². The first-order chi connectivity index (χ1) is 10.7. The molecule has 2 aromatic carbocycles. The molecule has 0 fully saturated rings. The monoisotopic (exact) mass is 304 g/mol. The summed E-state index contributed by atoms with van der Waals surface area (Å²) in [4.78, 5) is 0. The first kappa shape index (κ1) is 16.3. The van der Waals surface area contributed by atoms with E-state index in [0.717, 1.165) is 5.56 Å². The first-order valence-corrected chi connectivity index (χ1v) is 6.97. The highest BCUT2D eigenvalue weighted by atomic mass is 16.5. The van der Waals surface area contributed by atoms with Crippen molar-refractivity contribution < 1.29 is 24.8 Å². The molecule has 5 nitrogen and oxygen atoms in total. The second-order valence-electron chi connectivity index (χ2n) is 4.88. The van der Waals surface area contributed by atoms with E-state index >= 15 is 0 Å². The third kappa shape index (κ3) is 3.98. The number of methoxy groups -OCH3 is 1. The van der Waals surface area contributed by atoms with Crippen molar-refractivity contribution in [3.8, 4) is 11.5 Å². The van der Waals surface area contributed by atoms with E-state index in [1.54, 1.807) is 18.2 Å². The number of hydrogen-bond donors (Lipinski definition) is 3. The van der Waals surface area contributed by atoms with Gasteiger partial charge in [-0.2, -0.15) is 0 Å². The van der Waals surface area contributed by atoms with Crippen LogP contribution in [0.4, 0.5) is 0 Å². The summed E-state index contributed by atoms with van der Waals surface area (Å²) in [5.41, 5.74) is 1.48. The van der Waals surface area contributed by atoms with Crippen molar-refractivity contribution in [1.29, 1.82) is 0 Å². The smallest absolute Gasteiger partial charge is 0.161 e. The average Bonchev–Trinajstić information content (AvgIpc) is 2.59. The summed E-state index contributed by atoms with van der Waals surface area (Å²) in [5.74, 6) is 0.999. The number of aliphatic hydroxyl groups is 3. The van der Waals surface area contributed by atoms with Crippen molar-refractivity contribution >= 4 is 0 Å². The van der Waals surface area contributed by atoms with Crippen molar-refractivity contribution in [3.63, 3.8) is 0 Å². The summed E-state index contributed by atoms with van der Waals surface area (Å²) in [6, 6.07) is 14.6. The largest absolute Gasteiger partial charge is 0.493 e. The maximum Gasteiger partial charge on any atom is 0.161 e. The topological polar surface area (TPSA) is 79.2 Å². The highest BCUT2D eigenvalue weighted by Gasteiger charge is 2.19. The third-order valence-corrected chi connectivity index (χ3v) is 3.32. The van der Waals surface area contributed by atoms with Crippen LogP contribution in [0.5, 0.6) is 11.5 Å². The predicted molar refractivity (Wildman–Crippen MR) is 81.8 cm³/mol. The van der Waals surface area contributed by atoms with Gasteiger partial charge in [0.05, 0.1) is 13.7 Å². The molecule has 0 unspecified atom stereocenters. The average molecular weight is 304 g/mol. The van der Waals surface area contributed by atoms with Crippen LogP contribution in [0.15, 0.2) is 48.5 Å². The molecule has 0 saturated heterocycles. The van der Waals surface area contributed by atoms with Crippen LogP contribution in [-0.4, -0.2) is 35.1 Å². The summed E-state index contributed by atoms with van der Waals surface area (Å²) in [7, 11) is 1.50. The fraction of sp³-hybridized carbons (Fsp3) is 0.294. The van der Waals surface area contributed by atoms with E-state index in [1.165, 1.54) is 7.11 Å². The summed E-state index contributed by atoms with van der Waals surface area (Å²) >= 11 is 0. The van der Waals surface area contributed by atoms with Gasteiger partial charge in [0.25, 0.3) is 0 Å². The van der Waals surface area contributed by atoms with Crippen LogP contribution in [0, 0.1) is 0 Å². The Bertz CT molecular complexity index is 585. The van der Waals surface area contributed by atoms with Crippen molar-refractivity contribution in [1.82, 2.24) is 0 Å². The highest BCUT2D eigenvalue weighted by molar-refractivity contribution is 5.44. The molecular weight excluding hydrogens is 284 g/mol. The van der Waals surface area contributed by atoms with Gasteiger partial charge in [-0.15, -0.1) is 0 Å². The van der Waals surface area contributed by atoms with Gasteiger partial charge in [0.1, 0.15) is 18.8 Å². The molecule has 0 aromatic heterocycles. The minimum Gasteiger partial charge on any atom is -0.493 e. The van der Waals surface area contributed by atoms with E-state index in [-0.39, 0.29) is 0 Å². The Morgan fingerprint density at radius 1 is 1.00 bits per heavy atom. The Hall–Kier alpha value is -2.08. The molecular formula is C17H20O5. The lowest BCUT2D eigenvalue weighted by molar-refractivity contribution is -0.0153. The molecule has 5 heteroatoms. The fourth-order valence-electron chi connectivity index (χ4n) is 2.04.